The van der Waals surface area contributed by atoms with E-state index in [2.05, 4.69) is 36.1 Å². The summed E-state index contributed by atoms with van der Waals surface area (Å²) in [4.78, 5) is 8.04. The SMILES string of the molecule is CC(C)(C)c1nc(CCNc2nc(C(F)(F)F)ccc2C#N)cs1. The average molecular weight is 354 g/mol. The molecule has 0 aliphatic rings. The topological polar surface area (TPSA) is 61.6 Å². The lowest BCUT2D eigenvalue weighted by molar-refractivity contribution is -0.141. The van der Waals surface area contributed by atoms with Crippen molar-refractivity contribution in [2.24, 2.45) is 0 Å². The molecule has 0 radical (unpaired) electrons. The summed E-state index contributed by atoms with van der Waals surface area (Å²) in [6.45, 7) is 6.55. The number of hydrogen-bond acceptors (Lipinski definition) is 5. The third-order valence-corrected chi connectivity index (χ3v) is 4.49. The van der Waals surface area contributed by atoms with E-state index in [4.69, 9.17) is 5.26 Å². The van der Waals surface area contributed by atoms with Crippen molar-refractivity contribution in [3.05, 3.63) is 39.5 Å². The van der Waals surface area contributed by atoms with Crippen LogP contribution < -0.4 is 5.32 Å². The molecule has 128 valence electrons. The largest absolute Gasteiger partial charge is 0.433 e. The van der Waals surface area contributed by atoms with Crippen molar-refractivity contribution in [2.75, 3.05) is 11.9 Å². The molecule has 2 aromatic rings. The Morgan fingerprint density at radius 2 is 1.92 bits per heavy atom. The molecule has 0 atom stereocenters. The molecule has 0 aliphatic heterocycles. The van der Waals surface area contributed by atoms with E-state index in [9.17, 15) is 13.2 Å². The number of aromatic nitrogens is 2. The summed E-state index contributed by atoms with van der Waals surface area (Å²) < 4.78 is 38.2. The van der Waals surface area contributed by atoms with Crippen LogP contribution in [-0.2, 0) is 18.0 Å². The Hall–Kier alpha value is -2.14. The van der Waals surface area contributed by atoms with E-state index in [1.54, 1.807) is 11.3 Å². The molecule has 2 heterocycles. The average Bonchev–Trinajstić information content (AvgIpc) is 2.95. The highest BCUT2D eigenvalue weighted by Gasteiger charge is 2.33. The number of nitriles is 1. The summed E-state index contributed by atoms with van der Waals surface area (Å²) in [5, 5.41) is 14.7. The van der Waals surface area contributed by atoms with Gasteiger partial charge < -0.3 is 5.32 Å². The highest BCUT2D eigenvalue weighted by atomic mass is 32.1. The van der Waals surface area contributed by atoms with Crippen LogP contribution in [0.2, 0.25) is 0 Å². The maximum Gasteiger partial charge on any atom is 0.433 e. The third kappa shape index (κ3) is 4.45. The predicted octanol–water partition coefficient (Wildman–Crippen LogP) is 4.38. The van der Waals surface area contributed by atoms with E-state index >= 15 is 0 Å². The zero-order chi connectivity index (χ0) is 18.0. The van der Waals surface area contributed by atoms with Crippen LogP contribution >= 0.6 is 11.3 Å². The zero-order valence-electron chi connectivity index (χ0n) is 13.5. The van der Waals surface area contributed by atoms with Crippen LogP contribution in [-0.4, -0.2) is 16.5 Å². The molecule has 2 aromatic heterocycles. The van der Waals surface area contributed by atoms with E-state index < -0.39 is 11.9 Å². The smallest absolute Gasteiger partial charge is 0.369 e. The second kappa shape index (κ2) is 6.77. The molecule has 0 fully saturated rings. The first-order valence-corrected chi connectivity index (χ1v) is 8.16. The van der Waals surface area contributed by atoms with Crippen LogP contribution in [0.25, 0.3) is 0 Å². The molecule has 0 bridgehead atoms. The molecule has 0 spiro atoms. The Labute approximate surface area is 142 Å². The number of anilines is 1. The quantitative estimate of drug-likeness (QED) is 0.885. The second-order valence-corrected chi connectivity index (χ2v) is 7.13. The summed E-state index contributed by atoms with van der Waals surface area (Å²) in [6.07, 6.45) is -4.00. The number of alkyl halides is 3. The molecule has 2 rings (SSSR count). The molecule has 1 N–H and O–H groups in total. The Bertz CT molecular complexity index is 754. The predicted molar refractivity (Wildman–Crippen MR) is 87.0 cm³/mol. The van der Waals surface area contributed by atoms with Gasteiger partial charge in [-0.3, -0.25) is 0 Å². The first-order valence-electron chi connectivity index (χ1n) is 7.28. The Balaban J connectivity index is 2.06. The third-order valence-electron chi connectivity index (χ3n) is 3.17. The minimum Gasteiger partial charge on any atom is -0.369 e. The van der Waals surface area contributed by atoms with Crippen LogP contribution in [0.15, 0.2) is 17.5 Å². The summed E-state index contributed by atoms with van der Waals surface area (Å²) in [5.74, 6) is -0.0569. The van der Waals surface area contributed by atoms with E-state index in [0.29, 0.717) is 13.0 Å². The number of pyridine rings is 1. The first kappa shape index (κ1) is 18.2. The monoisotopic (exact) mass is 354 g/mol. The normalized spacial score (nSPS) is 12.0. The number of nitrogens with zero attached hydrogens (tertiary/aromatic N) is 3. The van der Waals surface area contributed by atoms with Gasteiger partial charge in [0.25, 0.3) is 0 Å². The molecular formula is C16H17F3N4S. The van der Waals surface area contributed by atoms with Gasteiger partial charge in [0.15, 0.2) is 0 Å². The zero-order valence-corrected chi connectivity index (χ0v) is 14.3. The van der Waals surface area contributed by atoms with Crippen molar-refractivity contribution < 1.29 is 13.2 Å². The fraction of sp³-hybridized carbons (Fsp3) is 0.438. The molecule has 0 aromatic carbocycles. The molecule has 0 aliphatic carbocycles. The van der Waals surface area contributed by atoms with E-state index in [-0.39, 0.29) is 16.8 Å². The first-order chi connectivity index (χ1) is 11.1. The van der Waals surface area contributed by atoms with Gasteiger partial charge in [-0.1, -0.05) is 20.8 Å². The lowest BCUT2D eigenvalue weighted by Gasteiger charge is -2.13. The van der Waals surface area contributed by atoms with Gasteiger partial charge >= 0.3 is 6.18 Å². The van der Waals surface area contributed by atoms with Gasteiger partial charge in [0.2, 0.25) is 0 Å². The Kier molecular flexibility index (Phi) is 5.13. The van der Waals surface area contributed by atoms with E-state index in [1.807, 2.05) is 11.4 Å². The number of halogens is 3. The van der Waals surface area contributed by atoms with Crippen molar-refractivity contribution in [3.8, 4) is 6.07 Å². The standard InChI is InChI=1S/C16H17F3N4S/c1-15(2,3)14-22-11(9-24-14)6-7-21-13-10(8-20)4-5-12(23-13)16(17,18)19/h4-5,9H,6-7H2,1-3H3,(H,21,23). The minimum absolute atomic E-state index is 0.0348. The van der Waals surface area contributed by atoms with Gasteiger partial charge in [-0.05, 0) is 12.1 Å². The van der Waals surface area contributed by atoms with Crippen molar-refractivity contribution in [2.45, 2.75) is 38.8 Å². The van der Waals surface area contributed by atoms with Crippen LogP contribution in [0, 0.1) is 11.3 Å². The molecule has 8 heteroatoms. The molecule has 0 unspecified atom stereocenters. The fourth-order valence-electron chi connectivity index (χ4n) is 1.92. The van der Waals surface area contributed by atoms with Crippen molar-refractivity contribution >= 4 is 17.2 Å². The fourth-order valence-corrected chi connectivity index (χ4v) is 2.86. The van der Waals surface area contributed by atoms with Gasteiger partial charge in [-0.2, -0.15) is 18.4 Å². The number of nitrogens with one attached hydrogen (secondary N) is 1. The number of rotatable bonds is 4. The summed E-state index contributed by atoms with van der Waals surface area (Å²) >= 11 is 1.56. The maximum atomic E-state index is 12.7. The summed E-state index contributed by atoms with van der Waals surface area (Å²) in [5.41, 5.74) is -0.111. The molecule has 0 amide bonds. The van der Waals surface area contributed by atoms with Crippen LogP contribution in [0.5, 0.6) is 0 Å². The van der Waals surface area contributed by atoms with Gasteiger partial charge in [0, 0.05) is 23.8 Å². The van der Waals surface area contributed by atoms with E-state index in [1.165, 1.54) is 0 Å². The lowest BCUT2D eigenvalue weighted by atomic mass is 9.98. The number of hydrogen-bond donors (Lipinski definition) is 1. The molecular weight excluding hydrogens is 337 g/mol. The molecule has 24 heavy (non-hydrogen) atoms. The maximum absolute atomic E-state index is 12.7. The molecule has 4 nitrogen and oxygen atoms in total. The van der Waals surface area contributed by atoms with Crippen molar-refractivity contribution in [1.29, 1.82) is 5.26 Å². The van der Waals surface area contributed by atoms with Gasteiger partial charge in [0.05, 0.1) is 16.3 Å². The van der Waals surface area contributed by atoms with Gasteiger partial charge in [0.1, 0.15) is 17.6 Å². The number of thiazole rings is 1. The van der Waals surface area contributed by atoms with Gasteiger partial charge in [-0.15, -0.1) is 11.3 Å². The molecule has 0 saturated carbocycles. The second-order valence-electron chi connectivity index (χ2n) is 6.27. The van der Waals surface area contributed by atoms with Crippen LogP contribution in [0.3, 0.4) is 0 Å². The highest BCUT2D eigenvalue weighted by Crippen LogP contribution is 2.29. The summed E-state index contributed by atoms with van der Waals surface area (Å²) in [6, 6.07) is 3.77. The summed E-state index contributed by atoms with van der Waals surface area (Å²) in [7, 11) is 0. The minimum atomic E-state index is -4.54. The Morgan fingerprint density at radius 3 is 2.46 bits per heavy atom. The van der Waals surface area contributed by atoms with Crippen molar-refractivity contribution in [3.63, 3.8) is 0 Å². The van der Waals surface area contributed by atoms with Gasteiger partial charge in [-0.25, -0.2) is 9.97 Å². The van der Waals surface area contributed by atoms with Crippen LogP contribution in [0.4, 0.5) is 19.0 Å². The van der Waals surface area contributed by atoms with Crippen molar-refractivity contribution in [1.82, 2.24) is 9.97 Å². The lowest BCUT2D eigenvalue weighted by Crippen LogP contribution is -2.14. The Morgan fingerprint density at radius 1 is 1.21 bits per heavy atom. The van der Waals surface area contributed by atoms with E-state index in [0.717, 1.165) is 22.8 Å². The van der Waals surface area contributed by atoms with Crippen LogP contribution in [0.1, 0.15) is 42.7 Å². The molecule has 0 saturated heterocycles. The highest BCUT2D eigenvalue weighted by molar-refractivity contribution is 7.09.